The molecule has 2 N–H and O–H groups in total. The minimum absolute atomic E-state index is 0.288. The van der Waals surface area contributed by atoms with Gasteiger partial charge in [-0.25, -0.2) is 8.42 Å². The average Bonchev–Trinajstić information content (AvgIpc) is 2.65. The molecule has 1 aromatic heterocycles. The van der Waals surface area contributed by atoms with Crippen LogP contribution in [-0.2, 0) is 10.0 Å². The Balaban J connectivity index is 3.02. The second-order valence-electron chi connectivity index (χ2n) is 3.31. The third kappa shape index (κ3) is 2.91. The monoisotopic (exact) mass is 260 g/mol. The van der Waals surface area contributed by atoms with E-state index < -0.39 is 10.0 Å². The first-order valence-electron chi connectivity index (χ1n) is 4.90. The molecular weight excluding hydrogens is 244 g/mol. The van der Waals surface area contributed by atoms with Gasteiger partial charge in [-0.1, -0.05) is 6.08 Å². The molecule has 0 radical (unpaired) electrons. The maximum Gasteiger partial charge on any atom is 0.252 e. The van der Waals surface area contributed by atoms with Crippen LogP contribution >= 0.6 is 11.3 Å². The fourth-order valence-electron chi connectivity index (χ4n) is 1.28. The van der Waals surface area contributed by atoms with Gasteiger partial charge in [-0.2, -0.15) is 4.31 Å². The Morgan fingerprint density at radius 3 is 2.69 bits per heavy atom. The van der Waals surface area contributed by atoms with Crippen LogP contribution < -0.4 is 5.73 Å². The molecule has 0 aliphatic carbocycles. The molecule has 0 aliphatic heterocycles. The number of thiophene rings is 1. The van der Waals surface area contributed by atoms with Gasteiger partial charge in [-0.15, -0.1) is 17.9 Å². The maximum atomic E-state index is 12.2. The van der Waals surface area contributed by atoms with Crippen molar-refractivity contribution in [2.24, 2.45) is 5.73 Å². The van der Waals surface area contributed by atoms with Gasteiger partial charge in [0, 0.05) is 24.5 Å². The number of hydrogen-bond donors (Lipinski definition) is 1. The van der Waals surface area contributed by atoms with E-state index in [-0.39, 0.29) is 6.54 Å². The number of hydrogen-bond acceptors (Lipinski definition) is 4. The average molecular weight is 260 g/mol. The van der Waals surface area contributed by atoms with Crippen LogP contribution in [0.25, 0.3) is 0 Å². The first kappa shape index (κ1) is 13.4. The first-order valence-corrected chi connectivity index (χ1v) is 7.15. The van der Waals surface area contributed by atoms with Crippen molar-refractivity contribution < 1.29 is 8.42 Å². The van der Waals surface area contributed by atoms with E-state index in [1.807, 2.05) is 6.92 Å². The summed E-state index contributed by atoms with van der Waals surface area (Å²) >= 11 is 1.27. The molecule has 0 bridgehead atoms. The third-order valence-corrected chi connectivity index (χ3v) is 5.35. The largest absolute Gasteiger partial charge is 0.329 e. The van der Waals surface area contributed by atoms with E-state index in [2.05, 4.69) is 6.58 Å². The normalized spacial score (nSPS) is 11.9. The van der Waals surface area contributed by atoms with Crippen LogP contribution in [-0.4, -0.2) is 32.4 Å². The fraction of sp³-hybridized carbons (Fsp3) is 0.400. The van der Waals surface area contributed by atoms with Crippen molar-refractivity contribution >= 4 is 21.4 Å². The molecule has 0 saturated carbocycles. The molecule has 0 aliphatic rings. The lowest BCUT2D eigenvalue weighted by Gasteiger charge is -2.18. The minimum Gasteiger partial charge on any atom is -0.329 e. The topological polar surface area (TPSA) is 63.4 Å². The van der Waals surface area contributed by atoms with Gasteiger partial charge in [-0.3, -0.25) is 0 Å². The predicted octanol–water partition coefficient (Wildman–Crippen LogP) is 1.19. The zero-order valence-electron chi connectivity index (χ0n) is 9.22. The van der Waals surface area contributed by atoms with E-state index in [0.717, 1.165) is 4.88 Å². The molecule has 1 rings (SSSR count). The maximum absolute atomic E-state index is 12.2. The van der Waals surface area contributed by atoms with Gasteiger partial charge < -0.3 is 5.73 Å². The Kier molecular flexibility index (Phi) is 4.67. The summed E-state index contributed by atoms with van der Waals surface area (Å²) in [5, 5.41) is 0. The van der Waals surface area contributed by atoms with Crippen LogP contribution in [0, 0.1) is 6.92 Å². The van der Waals surface area contributed by atoms with E-state index in [4.69, 9.17) is 5.73 Å². The van der Waals surface area contributed by atoms with Crippen molar-refractivity contribution in [2.45, 2.75) is 11.1 Å². The molecule has 0 saturated heterocycles. The second kappa shape index (κ2) is 5.58. The lowest BCUT2D eigenvalue weighted by atomic mass is 10.5. The van der Waals surface area contributed by atoms with Crippen LogP contribution in [0.1, 0.15) is 4.88 Å². The van der Waals surface area contributed by atoms with Crippen LogP contribution in [0.15, 0.2) is 29.0 Å². The molecular formula is C10H16N2O2S2. The smallest absolute Gasteiger partial charge is 0.252 e. The molecule has 4 nitrogen and oxygen atoms in total. The minimum atomic E-state index is -3.40. The summed E-state index contributed by atoms with van der Waals surface area (Å²) in [7, 11) is -3.40. The number of nitrogens with two attached hydrogens (primary N) is 1. The van der Waals surface area contributed by atoms with Crippen LogP contribution in [0.4, 0.5) is 0 Å². The van der Waals surface area contributed by atoms with Crippen molar-refractivity contribution in [1.82, 2.24) is 4.31 Å². The van der Waals surface area contributed by atoms with Crippen molar-refractivity contribution in [3.8, 4) is 0 Å². The fourth-order valence-corrected chi connectivity index (χ4v) is 4.14. The third-order valence-electron chi connectivity index (χ3n) is 2.02. The molecule has 16 heavy (non-hydrogen) atoms. The second-order valence-corrected chi connectivity index (χ2v) is 6.76. The standard InChI is InChI=1S/C10H16N2O2S2/c1-3-7-12(8-6-11)16(13,14)10-5-4-9(2)15-10/h3-5H,1,6-8,11H2,2H3. The lowest BCUT2D eigenvalue weighted by molar-refractivity contribution is 0.451. The Labute approximate surface area is 100 Å². The van der Waals surface area contributed by atoms with Gasteiger partial charge in [0.05, 0.1) is 0 Å². The number of nitrogens with zero attached hydrogens (tertiary/aromatic N) is 1. The molecule has 0 aromatic carbocycles. The van der Waals surface area contributed by atoms with Gasteiger partial charge in [0.15, 0.2) is 0 Å². The molecule has 0 unspecified atom stereocenters. The molecule has 1 aromatic rings. The highest BCUT2D eigenvalue weighted by atomic mass is 32.2. The van der Waals surface area contributed by atoms with Crippen molar-refractivity contribution in [2.75, 3.05) is 19.6 Å². The summed E-state index contributed by atoms with van der Waals surface area (Å²) in [6.07, 6.45) is 1.56. The predicted molar refractivity (Wildman–Crippen MR) is 67.1 cm³/mol. The Bertz CT molecular complexity index is 451. The summed E-state index contributed by atoms with van der Waals surface area (Å²) in [5.74, 6) is 0. The van der Waals surface area contributed by atoms with Gasteiger partial charge in [-0.05, 0) is 19.1 Å². The Morgan fingerprint density at radius 1 is 1.56 bits per heavy atom. The first-order chi connectivity index (χ1) is 7.52. The number of sulfonamides is 1. The Morgan fingerprint density at radius 2 is 2.25 bits per heavy atom. The van der Waals surface area contributed by atoms with E-state index in [1.165, 1.54) is 15.6 Å². The van der Waals surface area contributed by atoms with Gasteiger partial charge in [0.1, 0.15) is 4.21 Å². The molecule has 6 heteroatoms. The van der Waals surface area contributed by atoms with Crippen molar-refractivity contribution in [1.29, 1.82) is 0 Å². The quantitative estimate of drug-likeness (QED) is 0.782. The number of aryl methyl sites for hydroxylation is 1. The summed E-state index contributed by atoms with van der Waals surface area (Å²) < 4.78 is 26.0. The van der Waals surface area contributed by atoms with E-state index in [0.29, 0.717) is 17.3 Å². The summed E-state index contributed by atoms with van der Waals surface area (Å²) in [5.41, 5.74) is 5.40. The van der Waals surface area contributed by atoms with Crippen LogP contribution in [0.2, 0.25) is 0 Å². The highest BCUT2D eigenvalue weighted by molar-refractivity contribution is 7.91. The highest BCUT2D eigenvalue weighted by Crippen LogP contribution is 2.23. The molecule has 0 spiro atoms. The van der Waals surface area contributed by atoms with Gasteiger partial charge in [0.25, 0.3) is 10.0 Å². The molecule has 1 heterocycles. The molecule has 0 amide bonds. The molecule has 0 fully saturated rings. The Hall–Kier alpha value is -0.690. The summed E-state index contributed by atoms with van der Waals surface area (Å²) in [6.45, 7) is 6.33. The SMILES string of the molecule is C=CCN(CCN)S(=O)(=O)c1ccc(C)s1. The van der Waals surface area contributed by atoms with E-state index in [1.54, 1.807) is 18.2 Å². The van der Waals surface area contributed by atoms with E-state index in [9.17, 15) is 8.42 Å². The van der Waals surface area contributed by atoms with Crippen molar-refractivity contribution in [3.63, 3.8) is 0 Å². The van der Waals surface area contributed by atoms with Crippen molar-refractivity contribution in [3.05, 3.63) is 29.7 Å². The van der Waals surface area contributed by atoms with Crippen LogP contribution in [0.5, 0.6) is 0 Å². The molecule has 0 atom stereocenters. The van der Waals surface area contributed by atoms with Gasteiger partial charge >= 0.3 is 0 Å². The molecule has 90 valence electrons. The highest BCUT2D eigenvalue weighted by Gasteiger charge is 2.23. The number of rotatable bonds is 6. The lowest BCUT2D eigenvalue weighted by Crippen LogP contribution is -2.35. The van der Waals surface area contributed by atoms with E-state index >= 15 is 0 Å². The van der Waals surface area contributed by atoms with Gasteiger partial charge in [0.2, 0.25) is 0 Å². The van der Waals surface area contributed by atoms with Crippen LogP contribution in [0.3, 0.4) is 0 Å². The zero-order chi connectivity index (χ0) is 12.2. The zero-order valence-corrected chi connectivity index (χ0v) is 10.9. The summed E-state index contributed by atoms with van der Waals surface area (Å²) in [4.78, 5) is 0.977. The summed E-state index contributed by atoms with van der Waals surface area (Å²) in [6, 6.07) is 3.42.